The topological polar surface area (TPSA) is 102 Å². The van der Waals surface area contributed by atoms with Crippen molar-refractivity contribution in [2.24, 2.45) is 11.7 Å². The molecule has 96 valence electrons. The van der Waals surface area contributed by atoms with Crippen LogP contribution in [0.25, 0.3) is 0 Å². The molecule has 0 bridgehead atoms. The van der Waals surface area contributed by atoms with E-state index in [2.05, 4.69) is 4.98 Å². The van der Waals surface area contributed by atoms with Crippen LogP contribution in [0, 0.1) is 5.92 Å². The zero-order valence-corrected chi connectivity index (χ0v) is 10.7. The second kappa shape index (κ2) is 4.62. The molecule has 2 rings (SSSR count). The molecule has 1 atom stereocenters. The summed E-state index contributed by atoms with van der Waals surface area (Å²) in [6, 6.07) is 1.43. The molecule has 0 spiro atoms. The number of pyridine rings is 1. The van der Waals surface area contributed by atoms with Gasteiger partial charge in [0.15, 0.2) is 5.15 Å². The van der Waals surface area contributed by atoms with Crippen LogP contribution in [0.5, 0.6) is 0 Å². The molecule has 1 aromatic rings. The zero-order valence-electron chi connectivity index (χ0n) is 9.19. The normalized spacial score (nSPS) is 19.3. The van der Waals surface area contributed by atoms with Crippen LogP contribution in [0.4, 0.5) is 11.4 Å². The van der Waals surface area contributed by atoms with E-state index in [-0.39, 0.29) is 34.9 Å². The second-order valence-corrected chi connectivity index (χ2v) is 4.72. The fourth-order valence-corrected chi connectivity index (χ4v) is 2.26. The number of aromatic nitrogens is 1. The van der Waals surface area contributed by atoms with E-state index in [0.29, 0.717) is 5.69 Å². The maximum atomic E-state index is 11.8. The fourth-order valence-electron chi connectivity index (χ4n) is 1.84. The average molecular weight is 289 g/mol. The highest BCUT2D eigenvalue weighted by molar-refractivity contribution is 6.35. The first-order valence-electron chi connectivity index (χ1n) is 5.11. The molecule has 2 amide bonds. The maximum Gasteiger partial charge on any atom is 0.227 e. The average Bonchev–Trinajstić information content (AvgIpc) is 2.66. The fraction of sp³-hybridized carbons (Fsp3) is 0.300. The Balaban J connectivity index is 2.38. The smallest absolute Gasteiger partial charge is 0.227 e. The third-order valence-electron chi connectivity index (χ3n) is 2.78. The summed E-state index contributed by atoms with van der Waals surface area (Å²) in [5, 5.41) is 0.146. The van der Waals surface area contributed by atoms with E-state index in [4.69, 9.17) is 34.7 Å². The minimum atomic E-state index is -0.525. The van der Waals surface area contributed by atoms with E-state index in [0.717, 1.165) is 0 Å². The SMILES string of the molecule is NC(=O)C1CC(=O)N(c2cc(Cl)nc(Cl)c2N)C1. The second-order valence-electron chi connectivity index (χ2n) is 3.98. The van der Waals surface area contributed by atoms with Crippen LogP contribution < -0.4 is 16.4 Å². The number of anilines is 2. The summed E-state index contributed by atoms with van der Waals surface area (Å²) in [6.07, 6.45) is 0.0618. The Morgan fingerprint density at radius 3 is 2.72 bits per heavy atom. The van der Waals surface area contributed by atoms with Crippen LogP contribution in [0.15, 0.2) is 6.07 Å². The van der Waals surface area contributed by atoms with E-state index < -0.39 is 11.8 Å². The minimum absolute atomic E-state index is 0.0211. The lowest BCUT2D eigenvalue weighted by molar-refractivity contribution is -0.123. The van der Waals surface area contributed by atoms with Crippen molar-refractivity contribution in [1.82, 2.24) is 4.98 Å². The number of nitrogen functional groups attached to an aromatic ring is 1. The van der Waals surface area contributed by atoms with Gasteiger partial charge in [0.1, 0.15) is 5.15 Å². The Kier molecular flexibility index (Phi) is 3.32. The van der Waals surface area contributed by atoms with Crippen molar-refractivity contribution in [1.29, 1.82) is 0 Å². The van der Waals surface area contributed by atoms with E-state index in [9.17, 15) is 9.59 Å². The Hall–Kier alpha value is -1.53. The monoisotopic (exact) mass is 288 g/mol. The summed E-state index contributed by atoms with van der Waals surface area (Å²) < 4.78 is 0. The number of nitrogens with two attached hydrogens (primary N) is 2. The molecule has 2 heterocycles. The molecule has 4 N–H and O–H groups in total. The molecule has 6 nitrogen and oxygen atoms in total. The van der Waals surface area contributed by atoms with E-state index in [1.165, 1.54) is 11.0 Å². The van der Waals surface area contributed by atoms with Crippen LogP contribution in [0.2, 0.25) is 10.3 Å². The van der Waals surface area contributed by atoms with Crippen molar-refractivity contribution in [3.8, 4) is 0 Å². The minimum Gasteiger partial charge on any atom is -0.395 e. The van der Waals surface area contributed by atoms with E-state index in [1.54, 1.807) is 0 Å². The summed E-state index contributed by atoms with van der Waals surface area (Å²) in [4.78, 5) is 28.0. The van der Waals surface area contributed by atoms with Gasteiger partial charge in [-0.1, -0.05) is 23.2 Å². The van der Waals surface area contributed by atoms with E-state index in [1.807, 2.05) is 0 Å². The number of primary amides is 1. The first-order valence-corrected chi connectivity index (χ1v) is 5.87. The number of rotatable bonds is 2. The molecular formula is C10H10Cl2N4O2. The summed E-state index contributed by atoms with van der Waals surface area (Å²) in [7, 11) is 0. The summed E-state index contributed by atoms with van der Waals surface area (Å²) >= 11 is 11.6. The van der Waals surface area contributed by atoms with Gasteiger partial charge in [-0.15, -0.1) is 0 Å². The van der Waals surface area contributed by atoms with Gasteiger partial charge in [-0.2, -0.15) is 0 Å². The predicted molar refractivity (Wildman–Crippen MR) is 68.3 cm³/mol. The summed E-state index contributed by atoms with van der Waals surface area (Å²) in [5.74, 6) is -1.29. The number of nitrogens with zero attached hydrogens (tertiary/aromatic N) is 2. The van der Waals surface area contributed by atoms with Gasteiger partial charge in [0, 0.05) is 19.0 Å². The van der Waals surface area contributed by atoms with Gasteiger partial charge in [0.25, 0.3) is 0 Å². The van der Waals surface area contributed by atoms with Gasteiger partial charge >= 0.3 is 0 Å². The van der Waals surface area contributed by atoms with Crippen LogP contribution in [0.1, 0.15) is 6.42 Å². The lowest BCUT2D eigenvalue weighted by Gasteiger charge is -2.18. The summed E-state index contributed by atoms with van der Waals surface area (Å²) in [5.41, 5.74) is 11.4. The van der Waals surface area contributed by atoms with Crippen molar-refractivity contribution in [2.75, 3.05) is 17.2 Å². The molecule has 1 unspecified atom stereocenters. The zero-order chi connectivity index (χ0) is 13.4. The van der Waals surface area contributed by atoms with Crippen LogP contribution in [-0.4, -0.2) is 23.3 Å². The largest absolute Gasteiger partial charge is 0.395 e. The highest BCUT2D eigenvalue weighted by Crippen LogP contribution is 2.34. The number of hydrogen-bond donors (Lipinski definition) is 2. The number of halogens is 2. The molecule has 0 aliphatic carbocycles. The summed E-state index contributed by atoms with van der Waals surface area (Å²) in [6.45, 7) is 0.176. The van der Waals surface area contributed by atoms with Crippen molar-refractivity contribution < 1.29 is 9.59 Å². The Labute approximate surface area is 113 Å². The lowest BCUT2D eigenvalue weighted by Crippen LogP contribution is -2.29. The van der Waals surface area contributed by atoms with Crippen molar-refractivity contribution >= 4 is 46.4 Å². The maximum absolute atomic E-state index is 11.8. The third-order valence-corrected chi connectivity index (χ3v) is 3.26. The molecule has 0 radical (unpaired) electrons. The Morgan fingerprint density at radius 1 is 1.50 bits per heavy atom. The Bertz CT molecular complexity index is 535. The molecule has 1 saturated heterocycles. The quantitative estimate of drug-likeness (QED) is 0.786. The first kappa shape index (κ1) is 12.9. The van der Waals surface area contributed by atoms with Gasteiger partial charge in [-0.05, 0) is 0 Å². The van der Waals surface area contributed by atoms with Gasteiger partial charge in [-0.3, -0.25) is 9.59 Å². The van der Waals surface area contributed by atoms with Gasteiger partial charge in [0.05, 0.1) is 17.3 Å². The van der Waals surface area contributed by atoms with Gasteiger partial charge in [0.2, 0.25) is 11.8 Å². The predicted octanol–water partition coefficient (Wildman–Crippen LogP) is 0.809. The standard InChI is InChI=1S/C10H10Cl2N4O2/c11-6-2-5(8(13)9(12)15-6)16-3-4(10(14)18)1-7(16)17/h2,4H,1,3,13H2,(H2,14,18). The third kappa shape index (κ3) is 2.21. The molecular weight excluding hydrogens is 279 g/mol. The molecule has 8 heteroatoms. The number of hydrogen-bond acceptors (Lipinski definition) is 4. The van der Waals surface area contributed by atoms with Crippen LogP contribution in [0.3, 0.4) is 0 Å². The van der Waals surface area contributed by atoms with Gasteiger partial charge < -0.3 is 16.4 Å². The highest BCUT2D eigenvalue weighted by Gasteiger charge is 2.35. The molecule has 0 aromatic carbocycles. The van der Waals surface area contributed by atoms with Crippen LogP contribution in [-0.2, 0) is 9.59 Å². The number of carbonyl (C=O) groups excluding carboxylic acids is 2. The highest BCUT2D eigenvalue weighted by atomic mass is 35.5. The lowest BCUT2D eigenvalue weighted by atomic mass is 10.1. The molecule has 0 saturated carbocycles. The number of amides is 2. The Morgan fingerprint density at radius 2 is 2.17 bits per heavy atom. The molecule has 1 aliphatic rings. The van der Waals surface area contributed by atoms with Crippen molar-refractivity contribution in [2.45, 2.75) is 6.42 Å². The van der Waals surface area contributed by atoms with Gasteiger partial charge in [-0.25, -0.2) is 4.98 Å². The van der Waals surface area contributed by atoms with E-state index >= 15 is 0 Å². The molecule has 1 aromatic heterocycles. The molecule has 1 aliphatic heterocycles. The molecule has 18 heavy (non-hydrogen) atoms. The first-order chi connectivity index (χ1) is 8.40. The molecule has 1 fully saturated rings. The number of carbonyl (C=O) groups is 2. The van der Waals surface area contributed by atoms with Crippen molar-refractivity contribution in [3.05, 3.63) is 16.4 Å². The van der Waals surface area contributed by atoms with Crippen LogP contribution >= 0.6 is 23.2 Å². The van der Waals surface area contributed by atoms with Crippen molar-refractivity contribution in [3.63, 3.8) is 0 Å².